The van der Waals surface area contributed by atoms with Gasteiger partial charge in [-0.05, 0) is 56.7 Å². The summed E-state index contributed by atoms with van der Waals surface area (Å²) in [6.07, 6.45) is 4.19. The molecule has 2 atom stereocenters. The van der Waals surface area contributed by atoms with Gasteiger partial charge in [0.1, 0.15) is 0 Å². The highest BCUT2D eigenvalue weighted by Crippen LogP contribution is 2.24. The zero-order valence-electron chi connectivity index (χ0n) is 10.3. The molecule has 0 aromatic heterocycles. The molecule has 2 aliphatic heterocycles. The maximum atomic E-state index is 3.45. The molecule has 2 nitrogen and oxygen atoms in total. The summed E-state index contributed by atoms with van der Waals surface area (Å²) in [4.78, 5) is 2.71. The molecule has 2 unspecified atom stereocenters. The quantitative estimate of drug-likeness (QED) is 0.749. The topological polar surface area (TPSA) is 15.3 Å². The molecule has 2 saturated heterocycles. The third-order valence-electron chi connectivity index (χ3n) is 4.39. The Hall–Kier alpha value is -0.0800. The molecule has 1 N–H and O–H groups in total. The minimum atomic E-state index is 0.903. The number of piperidine rings is 2. The second-order valence-electron chi connectivity index (χ2n) is 5.70. The average Bonchev–Trinajstić information content (AvgIpc) is 2.25. The molecule has 2 aliphatic rings. The normalized spacial score (nSPS) is 35.6. The van der Waals surface area contributed by atoms with Crippen LogP contribution in [0.15, 0.2) is 0 Å². The minimum Gasteiger partial charge on any atom is -0.317 e. The van der Waals surface area contributed by atoms with Gasteiger partial charge in [-0.25, -0.2) is 0 Å². The largest absolute Gasteiger partial charge is 0.317 e. The summed E-state index contributed by atoms with van der Waals surface area (Å²) < 4.78 is 0. The number of likely N-dealkylation sites (tertiary alicyclic amines) is 1. The van der Waals surface area contributed by atoms with Crippen molar-refractivity contribution < 1.29 is 0 Å². The fourth-order valence-corrected chi connectivity index (χ4v) is 2.94. The second kappa shape index (κ2) is 5.31. The van der Waals surface area contributed by atoms with Crippen molar-refractivity contribution in [2.75, 3.05) is 32.7 Å². The van der Waals surface area contributed by atoms with Crippen LogP contribution in [0, 0.1) is 17.8 Å². The van der Waals surface area contributed by atoms with Crippen molar-refractivity contribution in [2.45, 2.75) is 33.1 Å². The molecule has 2 heteroatoms. The summed E-state index contributed by atoms with van der Waals surface area (Å²) in [5.41, 5.74) is 0. The van der Waals surface area contributed by atoms with Crippen LogP contribution in [0.25, 0.3) is 0 Å². The van der Waals surface area contributed by atoms with E-state index in [-0.39, 0.29) is 0 Å². The second-order valence-corrected chi connectivity index (χ2v) is 5.70. The van der Waals surface area contributed by atoms with Crippen molar-refractivity contribution in [2.24, 2.45) is 17.8 Å². The smallest absolute Gasteiger partial charge is 0.00107 e. The highest BCUT2D eigenvalue weighted by atomic mass is 15.1. The predicted molar refractivity (Wildman–Crippen MR) is 65.0 cm³/mol. The highest BCUT2D eigenvalue weighted by Gasteiger charge is 2.24. The van der Waals surface area contributed by atoms with Crippen molar-refractivity contribution in [1.29, 1.82) is 0 Å². The zero-order chi connectivity index (χ0) is 10.7. The summed E-state index contributed by atoms with van der Waals surface area (Å²) >= 11 is 0. The number of nitrogens with zero attached hydrogens (tertiary/aromatic N) is 1. The first-order valence-electron chi connectivity index (χ1n) is 6.69. The molecule has 0 amide bonds. The molecular weight excluding hydrogens is 184 g/mol. The first-order valence-corrected chi connectivity index (χ1v) is 6.69. The van der Waals surface area contributed by atoms with E-state index < -0.39 is 0 Å². The Morgan fingerprint density at radius 3 is 2.47 bits per heavy atom. The fourth-order valence-electron chi connectivity index (χ4n) is 2.94. The van der Waals surface area contributed by atoms with Gasteiger partial charge in [-0.2, -0.15) is 0 Å². The van der Waals surface area contributed by atoms with Crippen LogP contribution in [-0.4, -0.2) is 37.6 Å². The van der Waals surface area contributed by atoms with Crippen LogP contribution in [0.4, 0.5) is 0 Å². The fraction of sp³-hybridized carbons (Fsp3) is 1.00. The van der Waals surface area contributed by atoms with Gasteiger partial charge in [0.15, 0.2) is 0 Å². The van der Waals surface area contributed by atoms with E-state index in [1.165, 1.54) is 52.0 Å². The van der Waals surface area contributed by atoms with E-state index in [1.807, 2.05) is 0 Å². The van der Waals surface area contributed by atoms with Crippen LogP contribution in [-0.2, 0) is 0 Å². The first kappa shape index (κ1) is 11.4. The molecule has 0 aliphatic carbocycles. The van der Waals surface area contributed by atoms with Gasteiger partial charge < -0.3 is 10.2 Å². The van der Waals surface area contributed by atoms with Crippen molar-refractivity contribution in [3.05, 3.63) is 0 Å². The summed E-state index contributed by atoms with van der Waals surface area (Å²) in [6.45, 7) is 11.3. The number of hydrogen-bond donors (Lipinski definition) is 1. The van der Waals surface area contributed by atoms with Gasteiger partial charge >= 0.3 is 0 Å². The van der Waals surface area contributed by atoms with Gasteiger partial charge in [0.2, 0.25) is 0 Å². The molecule has 0 saturated carbocycles. The summed E-state index contributed by atoms with van der Waals surface area (Å²) in [5, 5.41) is 3.45. The standard InChI is InChI=1S/C13H26N2/c1-11-5-8-15(9-12(11)2)10-13-3-6-14-7-4-13/h11-14H,3-10H2,1-2H3. The van der Waals surface area contributed by atoms with Crippen molar-refractivity contribution in [1.82, 2.24) is 10.2 Å². The maximum Gasteiger partial charge on any atom is 0.00107 e. The van der Waals surface area contributed by atoms with E-state index >= 15 is 0 Å². The van der Waals surface area contributed by atoms with E-state index in [9.17, 15) is 0 Å². The van der Waals surface area contributed by atoms with Gasteiger partial charge in [-0.3, -0.25) is 0 Å². The molecule has 0 radical (unpaired) electrons. The van der Waals surface area contributed by atoms with E-state index in [2.05, 4.69) is 24.1 Å². The average molecular weight is 210 g/mol. The monoisotopic (exact) mass is 210 g/mol. The molecule has 88 valence electrons. The summed E-state index contributed by atoms with van der Waals surface area (Å²) in [6, 6.07) is 0. The zero-order valence-corrected chi connectivity index (χ0v) is 10.3. The lowest BCUT2D eigenvalue weighted by Gasteiger charge is -2.38. The molecule has 2 fully saturated rings. The Morgan fingerprint density at radius 1 is 1.07 bits per heavy atom. The molecule has 0 spiro atoms. The van der Waals surface area contributed by atoms with Crippen molar-refractivity contribution in [3.63, 3.8) is 0 Å². The van der Waals surface area contributed by atoms with Crippen LogP contribution < -0.4 is 5.32 Å². The lowest BCUT2D eigenvalue weighted by molar-refractivity contribution is 0.113. The Labute approximate surface area is 94.4 Å². The van der Waals surface area contributed by atoms with Crippen LogP contribution in [0.1, 0.15) is 33.1 Å². The van der Waals surface area contributed by atoms with E-state index in [1.54, 1.807) is 0 Å². The molecule has 0 aromatic carbocycles. The Morgan fingerprint density at radius 2 is 1.80 bits per heavy atom. The Kier molecular flexibility index (Phi) is 4.04. The van der Waals surface area contributed by atoms with Gasteiger partial charge in [0.05, 0.1) is 0 Å². The van der Waals surface area contributed by atoms with E-state index in [0.29, 0.717) is 0 Å². The lowest BCUT2D eigenvalue weighted by Crippen LogP contribution is -2.42. The maximum absolute atomic E-state index is 3.45. The Bertz CT molecular complexity index is 187. The summed E-state index contributed by atoms with van der Waals surface area (Å²) in [7, 11) is 0. The van der Waals surface area contributed by atoms with Crippen LogP contribution in [0.3, 0.4) is 0 Å². The molecule has 15 heavy (non-hydrogen) atoms. The van der Waals surface area contributed by atoms with Gasteiger partial charge in [-0.15, -0.1) is 0 Å². The molecule has 0 bridgehead atoms. The van der Waals surface area contributed by atoms with E-state index in [0.717, 1.165) is 17.8 Å². The number of nitrogens with one attached hydrogen (secondary N) is 1. The van der Waals surface area contributed by atoms with Gasteiger partial charge in [0, 0.05) is 13.1 Å². The first-order chi connectivity index (χ1) is 7.25. The molecule has 2 rings (SSSR count). The minimum absolute atomic E-state index is 0.903. The molecule has 0 aromatic rings. The SMILES string of the molecule is CC1CCN(CC2CCNCC2)CC1C. The molecular formula is C13H26N2. The van der Waals surface area contributed by atoms with Gasteiger partial charge in [0.25, 0.3) is 0 Å². The highest BCUT2D eigenvalue weighted by molar-refractivity contribution is 4.78. The van der Waals surface area contributed by atoms with Crippen molar-refractivity contribution >= 4 is 0 Å². The Balaban J connectivity index is 1.74. The van der Waals surface area contributed by atoms with Crippen LogP contribution >= 0.6 is 0 Å². The van der Waals surface area contributed by atoms with Crippen LogP contribution in [0.2, 0.25) is 0 Å². The third kappa shape index (κ3) is 3.18. The molecule has 2 heterocycles. The predicted octanol–water partition coefficient (Wildman–Crippen LogP) is 1.96. The summed E-state index contributed by atoms with van der Waals surface area (Å²) in [5.74, 6) is 2.81. The number of rotatable bonds is 2. The van der Waals surface area contributed by atoms with E-state index in [4.69, 9.17) is 0 Å². The third-order valence-corrected chi connectivity index (χ3v) is 4.39. The lowest BCUT2D eigenvalue weighted by atomic mass is 9.87. The van der Waals surface area contributed by atoms with Crippen LogP contribution in [0.5, 0.6) is 0 Å². The van der Waals surface area contributed by atoms with Gasteiger partial charge in [-0.1, -0.05) is 13.8 Å². The number of hydrogen-bond acceptors (Lipinski definition) is 2. The van der Waals surface area contributed by atoms with Crippen molar-refractivity contribution in [3.8, 4) is 0 Å².